The Balaban J connectivity index is 3.30. The monoisotopic (exact) mass is 261 g/mol. The summed E-state index contributed by atoms with van der Waals surface area (Å²) >= 11 is 0. The van der Waals surface area contributed by atoms with Gasteiger partial charge in [-0.1, -0.05) is 0 Å². The van der Waals surface area contributed by atoms with Gasteiger partial charge in [0.2, 0.25) is 0 Å². The van der Waals surface area contributed by atoms with Crippen LogP contribution in [-0.2, 0) is 0 Å². The Kier molecular flexibility index (Phi) is 4.09. The highest BCUT2D eigenvalue weighted by Crippen LogP contribution is 2.27. The summed E-state index contributed by atoms with van der Waals surface area (Å²) in [6.07, 6.45) is 0. The van der Waals surface area contributed by atoms with Crippen molar-refractivity contribution in [2.75, 3.05) is 11.9 Å². The number of urea groups is 1. The molecule has 0 aromatic heterocycles. The lowest BCUT2D eigenvalue weighted by Crippen LogP contribution is -2.29. The molecule has 0 aliphatic rings. The Morgan fingerprint density at radius 1 is 1.17 bits per heavy atom. The molecule has 0 atom stereocenters. The van der Waals surface area contributed by atoms with E-state index in [-0.39, 0.29) is 6.54 Å². The number of anilines is 1. The lowest BCUT2D eigenvalue weighted by Gasteiger charge is -2.10. The highest BCUT2D eigenvalue weighted by molar-refractivity contribution is 5.89. The third kappa shape index (κ3) is 2.34. The van der Waals surface area contributed by atoms with Crippen molar-refractivity contribution < 1.29 is 22.4 Å². The van der Waals surface area contributed by atoms with Crippen molar-refractivity contribution in [2.45, 2.75) is 6.92 Å². The molecule has 1 rings (SSSR count). The number of halogens is 4. The second-order valence-corrected chi connectivity index (χ2v) is 3.10. The minimum Gasteiger partial charge on any atom is -0.338 e. The van der Waals surface area contributed by atoms with E-state index in [1.54, 1.807) is 5.32 Å². The van der Waals surface area contributed by atoms with Gasteiger partial charge in [-0.25, -0.2) is 22.4 Å². The standard InChI is InChI=1S/C10H7F4N3O/c1-2-16-10(18)17-9-7(13)5(11)4(3-15)6(12)8(9)14/h2H2,1H3,(H2,16,17,18). The largest absolute Gasteiger partial charge is 0.338 e. The van der Waals surface area contributed by atoms with Crippen molar-refractivity contribution >= 4 is 11.7 Å². The second-order valence-electron chi connectivity index (χ2n) is 3.10. The molecule has 8 heteroatoms. The van der Waals surface area contributed by atoms with Gasteiger partial charge in [-0.3, -0.25) is 0 Å². The topological polar surface area (TPSA) is 64.9 Å². The fraction of sp³-hybridized carbons (Fsp3) is 0.200. The van der Waals surface area contributed by atoms with Crippen LogP contribution in [0.1, 0.15) is 12.5 Å². The van der Waals surface area contributed by atoms with Crippen LogP contribution in [-0.4, -0.2) is 12.6 Å². The summed E-state index contributed by atoms with van der Waals surface area (Å²) in [7, 11) is 0. The molecule has 96 valence electrons. The van der Waals surface area contributed by atoms with Gasteiger partial charge in [0, 0.05) is 6.54 Å². The van der Waals surface area contributed by atoms with Crippen molar-refractivity contribution in [1.29, 1.82) is 5.26 Å². The van der Waals surface area contributed by atoms with Crippen molar-refractivity contribution in [3.05, 3.63) is 28.8 Å². The molecule has 2 N–H and O–H groups in total. The minimum atomic E-state index is -1.86. The number of carbonyl (C=O) groups excluding carboxylic acids is 1. The van der Waals surface area contributed by atoms with Gasteiger partial charge >= 0.3 is 6.03 Å². The average Bonchev–Trinajstić information content (AvgIpc) is 2.33. The maximum absolute atomic E-state index is 13.3. The molecule has 0 radical (unpaired) electrons. The molecular weight excluding hydrogens is 254 g/mol. The van der Waals surface area contributed by atoms with Crippen molar-refractivity contribution in [2.24, 2.45) is 0 Å². The van der Waals surface area contributed by atoms with Crippen LogP contribution in [0.15, 0.2) is 0 Å². The van der Waals surface area contributed by atoms with Crippen molar-refractivity contribution in [3.63, 3.8) is 0 Å². The average molecular weight is 261 g/mol. The number of carbonyl (C=O) groups is 1. The van der Waals surface area contributed by atoms with Crippen LogP contribution in [0.4, 0.5) is 28.0 Å². The number of hydrogen-bond donors (Lipinski definition) is 2. The van der Waals surface area contributed by atoms with Crippen LogP contribution in [0.5, 0.6) is 0 Å². The minimum absolute atomic E-state index is 0.149. The molecule has 4 nitrogen and oxygen atoms in total. The predicted molar refractivity (Wildman–Crippen MR) is 53.7 cm³/mol. The molecule has 1 aromatic carbocycles. The molecule has 0 heterocycles. The molecule has 0 bridgehead atoms. The Morgan fingerprint density at radius 2 is 1.67 bits per heavy atom. The summed E-state index contributed by atoms with van der Waals surface area (Å²) in [6.45, 7) is 1.68. The summed E-state index contributed by atoms with van der Waals surface area (Å²) in [6, 6.07) is -0.0363. The van der Waals surface area contributed by atoms with Gasteiger partial charge in [0.25, 0.3) is 0 Å². The normalized spacial score (nSPS) is 9.78. The maximum Gasteiger partial charge on any atom is 0.319 e. The smallest absolute Gasteiger partial charge is 0.319 e. The summed E-state index contributed by atoms with van der Waals surface area (Å²) in [5.41, 5.74) is -2.67. The zero-order valence-electron chi connectivity index (χ0n) is 9.07. The number of benzene rings is 1. The molecule has 0 unspecified atom stereocenters. The number of nitrogens with one attached hydrogen (secondary N) is 2. The molecule has 0 saturated heterocycles. The first-order valence-electron chi connectivity index (χ1n) is 4.74. The van der Waals surface area contributed by atoms with Gasteiger partial charge in [-0.2, -0.15) is 5.26 Å². The Hall–Kier alpha value is -2.30. The Morgan fingerprint density at radius 3 is 2.06 bits per heavy atom. The molecule has 18 heavy (non-hydrogen) atoms. The van der Waals surface area contributed by atoms with Crippen LogP contribution in [0.2, 0.25) is 0 Å². The molecule has 0 aliphatic heterocycles. The van der Waals surface area contributed by atoms with Gasteiger partial charge < -0.3 is 10.6 Å². The van der Waals surface area contributed by atoms with Crippen LogP contribution < -0.4 is 10.6 Å². The number of rotatable bonds is 2. The summed E-state index contributed by atoms with van der Waals surface area (Å²) in [5.74, 6) is -7.39. The second kappa shape index (κ2) is 5.35. The molecular formula is C10H7F4N3O. The van der Waals surface area contributed by atoms with E-state index in [9.17, 15) is 22.4 Å². The van der Waals surface area contributed by atoms with E-state index in [1.165, 1.54) is 6.92 Å². The number of nitriles is 1. The van der Waals surface area contributed by atoms with Gasteiger partial charge in [-0.05, 0) is 6.92 Å². The maximum atomic E-state index is 13.3. The first-order valence-corrected chi connectivity index (χ1v) is 4.74. The lowest BCUT2D eigenvalue weighted by atomic mass is 10.1. The van der Waals surface area contributed by atoms with E-state index in [0.717, 1.165) is 6.07 Å². The van der Waals surface area contributed by atoms with E-state index >= 15 is 0 Å². The van der Waals surface area contributed by atoms with Crippen molar-refractivity contribution in [3.8, 4) is 6.07 Å². The van der Waals surface area contributed by atoms with Crippen LogP contribution in [0.25, 0.3) is 0 Å². The van der Waals surface area contributed by atoms with Crippen LogP contribution >= 0.6 is 0 Å². The third-order valence-electron chi connectivity index (χ3n) is 1.95. The van der Waals surface area contributed by atoms with Crippen molar-refractivity contribution in [1.82, 2.24) is 5.32 Å². The summed E-state index contributed by atoms with van der Waals surface area (Å²) < 4.78 is 53.0. The molecule has 0 fully saturated rings. The van der Waals surface area contributed by atoms with Crippen LogP contribution in [0.3, 0.4) is 0 Å². The lowest BCUT2D eigenvalue weighted by molar-refractivity contribution is 0.252. The predicted octanol–water partition coefficient (Wildman–Crippen LogP) is 2.26. The fourth-order valence-electron chi connectivity index (χ4n) is 1.16. The van der Waals surface area contributed by atoms with Gasteiger partial charge in [0.15, 0.2) is 23.3 Å². The first-order chi connectivity index (χ1) is 8.43. The SMILES string of the molecule is CCNC(=O)Nc1c(F)c(F)c(C#N)c(F)c1F. The van der Waals surface area contributed by atoms with Gasteiger partial charge in [0.1, 0.15) is 17.3 Å². The molecule has 0 spiro atoms. The third-order valence-corrected chi connectivity index (χ3v) is 1.95. The summed E-state index contributed by atoms with van der Waals surface area (Å²) in [5, 5.41) is 12.1. The van der Waals surface area contributed by atoms with E-state index in [1.807, 2.05) is 0 Å². The summed E-state index contributed by atoms with van der Waals surface area (Å²) in [4.78, 5) is 11.0. The van der Waals surface area contributed by atoms with Gasteiger partial charge in [0.05, 0.1) is 0 Å². The fourth-order valence-corrected chi connectivity index (χ4v) is 1.16. The highest BCUT2D eigenvalue weighted by Gasteiger charge is 2.26. The van der Waals surface area contributed by atoms with E-state index in [0.29, 0.717) is 0 Å². The highest BCUT2D eigenvalue weighted by atomic mass is 19.2. The number of hydrogen-bond acceptors (Lipinski definition) is 2. The van der Waals surface area contributed by atoms with E-state index in [4.69, 9.17) is 5.26 Å². The van der Waals surface area contributed by atoms with E-state index < -0.39 is 40.6 Å². The quantitative estimate of drug-likeness (QED) is 0.633. The zero-order chi connectivity index (χ0) is 13.9. The number of amides is 2. The first kappa shape index (κ1) is 13.8. The molecule has 0 aliphatic carbocycles. The molecule has 0 saturated carbocycles. The van der Waals surface area contributed by atoms with E-state index in [2.05, 4.69) is 5.32 Å². The molecule has 2 amide bonds. The number of nitrogens with zero attached hydrogens (tertiary/aromatic N) is 1. The Labute approximate surface area is 99.2 Å². The zero-order valence-corrected chi connectivity index (χ0v) is 9.07. The van der Waals surface area contributed by atoms with Crippen LogP contribution in [0, 0.1) is 34.6 Å². The Bertz CT molecular complexity index is 510. The van der Waals surface area contributed by atoms with Gasteiger partial charge in [-0.15, -0.1) is 0 Å². The molecule has 1 aromatic rings.